The fourth-order valence-corrected chi connectivity index (χ4v) is 0. The molecule has 0 rings (SSSR count). The summed E-state index contributed by atoms with van der Waals surface area (Å²) in [7, 11) is 0. The highest BCUT2D eigenvalue weighted by atomic mass is 28.1. The van der Waals surface area contributed by atoms with Crippen LogP contribution in [0.3, 0.4) is 0 Å². The summed E-state index contributed by atoms with van der Waals surface area (Å²) in [5.41, 5.74) is 13.5. The molecule has 3 nitrogen and oxygen atoms in total. The van der Waals surface area contributed by atoms with Crippen molar-refractivity contribution in [3.63, 3.8) is 0 Å². The molecule has 20 valence electrons. The summed E-state index contributed by atoms with van der Waals surface area (Å²) in [4.78, 5) is 1.50. The predicted octanol–water partition coefficient (Wildman–Crippen LogP) is 0.485. The van der Waals surface area contributed by atoms with Gasteiger partial charge in [0.1, 0.15) is 0 Å². The quantitative estimate of drug-likeness (QED) is 0.172. The van der Waals surface area contributed by atoms with E-state index >= 15 is 0 Å². The second-order valence-corrected chi connectivity index (χ2v) is 0.0894. The molecule has 0 fully saturated rings. The van der Waals surface area contributed by atoms with Gasteiger partial charge in [0.2, 0.25) is 0 Å². The van der Waals surface area contributed by atoms with Gasteiger partial charge in [0.15, 0.2) is 0 Å². The van der Waals surface area contributed by atoms with E-state index in [1.54, 1.807) is 0 Å². The first-order chi connectivity index (χ1) is 1.41. The summed E-state index contributed by atoms with van der Waals surface area (Å²) in [6, 6.07) is 0. The second-order valence-electron chi connectivity index (χ2n) is 0.0894. The van der Waals surface area contributed by atoms with Gasteiger partial charge in [0, 0.05) is 11.0 Å². The molecular weight excluding hydrogens is 70.1 g/mol. The monoisotopic (exact) mass is 70.0 g/mol. The molecule has 0 aliphatic heterocycles. The first-order valence-electron chi connectivity index (χ1n) is 0.400. The third kappa shape index (κ3) is 1.89. The Bertz CT molecular complexity index is 24.3. The van der Waals surface area contributed by atoms with Crippen LogP contribution < -0.4 is 0 Å². The van der Waals surface area contributed by atoms with Gasteiger partial charge in [-0.2, -0.15) is 0 Å². The fraction of sp³-hybridized carbons (Fsp3) is 0. The molecule has 0 atom stereocenters. The van der Waals surface area contributed by atoms with Crippen LogP contribution in [-0.2, 0) is 0 Å². The van der Waals surface area contributed by atoms with Gasteiger partial charge in [0.25, 0.3) is 0 Å². The highest BCUT2D eigenvalue weighted by Gasteiger charge is 0.689. The van der Waals surface area contributed by atoms with E-state index < -0.39 is 0 Å². The normalized spacial score (nSPS) is 2.00. The maximum Gasteiger partial charge on any atom is 0 e. The van der Waals surface area contributed by atoms with Crippen LogP contribution in [0.1, 0.15) is 0 Å². The van der Waals surface area contributed by atoms with Crippen molar-refractivity contribution in [1.82, 2.24) is 0 Å². The molecular formula is N3Si-. The van der Waals surface area contributed by atoms with Crippen LogP contribution in [0.5, 0.6) is 0 Å². The fourth-order valence-electron chi connectivity index (χ4n) is 0. The molecule has 0 unspecified atom stereocenters. The van der Waals surface area contributed by atoms with Gasteiger partial charge in [-0.1, -0.05) is 0 Å². The lowest BCUT2D eigenvalue weighted by Gasteiger charge is -1.31. The minimum Gasteiger partial charge on any atom is -0.373 e. The van der Waals surface area contributed by atoms with E-state index in [2.05, 4.69) is 0 Å². The van der Waals surface area contributed by atoms with Crippen molar-refractivity contribution in [3.8, 4) is 0 Å². The van der Waals surface area contributed by atoms with E-state index in [4.69, 9.17) is 11.1 Å². The van der Waals surface area contributed by atoms with Gasteiger partial charge in [-0.25, -0.2) is 0 Å². The summed E-state index contributed by atoms with van der Waals surface area (Å²) in [6.07, 6.45) is 0. The zero-order chi connectivity index (χ0) is 2.71. The van der Waals surface area contributed by atoms with Gasteiger partial charge in [-0.15, -0.1) is 0 Å². The first kappa shape index (κ1) is 9.66. The Labute approximate surface area is 28.1 Å². The molecule has 0 aromatic heterocycles. The molecule has 0 aliphatic rings. The van der Waals surface area contributed by atoms with Crippen LogP contribution in [-0.4, -0.2) is 11.0 Å². The average Bonchev–Trinajstić information content (AvgIpc) is 0.918. The van der Waals surface area contributed by atoms with E-state index in [1.165, 1.54) is 4.91 Å². The van der Waals surface area contributed by atoms with Crippen molar-refractivity contribution in [1.29, 1.82) is 0 Å². The van der Waals surface area contributed by atoms with Crippen LogP contribution in [0.2, 0.25) is 0 Å². The zero-order valence-electron chi connectivity index (χ0n) is 1.84. The summed E-state index contributed by atoms with van der Waals surface area (Å²) in [5.74, 6) is 0. The Balaban J connectivity index is 0. The van der Waals surface area contributed by atoms with E-state index in [1.807, 2.05) is 0 Å². The van der Waals surface area contributed by atoms with Crippen molar-refractivity contribution >= 4 is 11.0 Å². The summed E-state index contributed by atoms with van der Waals surface area (Å²) in [5, 5.41) is 0. The Hall–Kier alpha value is -0.473. The van der Waals surface area contributed by atoms with Crippen LogP contribution in [0.15, 0.2) is 0 Å². The molecule has 0 spiro atoms. The number of rotatable bonds is 0. The number of hydrogen-bond acceptors (Lipinski definition) is 0. The van der Waals surface area contributed by atoms with Crippen molar-refractivity contribution < 1.29 is 0 Å². The van der Waals surface area contributed by atoms with E-state index in [9.17, 15) is 0 Å². The minimum absolute atomic E-state index is 0. The summed E-state index contributed by atoms with van der Waals surface area (Å²) < 4.78 is 0. The van der Waals surface area contributed by atoms with Gasteiger partial charge >= 0.3 is 0 Å². The van der Waals surface area contributed by atoms with Crippen LogP contribution in [0, 0.1) is 0 Å². The molecule has 0 saturated carbocycles. The largest absolute Gasteiger partial charge is 0.373 e. The molecule has 0 N–H and O–H groups in total. The van der Waals surface area contributed by atoms with Crippen molar-refractivity contribution in [2.24, 2.45) is 0 Å². The van der Waals surface area contributed by atoms with Crippen molar-refractivity contribution in [3.05, 3.63) is 16.0 Å². The number of hydrogen-bond donors (Lipinski definition) is 0. The summed E-state index contributed by atoms with van der Waals surface area (Å²) in [6.45, 7) is 0. The molecule has 0 heterocycles. The Morgan fingerprint density at radius 3 is 1.25 bits per heavy atom. The molecule has 4 heteroatoms. The van der Waals surface area contributed by atoms with E-state index in [-0.39, 0.29) is 11.0 Å². The first-order valence-corrected chi connectivity index (χ1v) is 0.400. The van der Waals surface area contributed by atoms with Gasteiger partial charge in [-0.05, 0) is 0 Å². The molecule has 0 saturated heterocycles. The molecule has 4 heavy (non-hydrogen) atoms. The van der Waals surface area contributed by atoms with Crippen LogP contribution in [0.25, 0.3) is 16.0 Å². The van der Waals surface area contributed by atoms with E-state index in [0.29, 0.717) is 0 Å². The lowest BCUT2D eigenvalue weighted by Crippen LogP contribution is -0.711. The predicted molar refractivity (Wildman–Crippen MR) is 15.8 cm³/mol. The highest BCUT2D eigenvalue weighted by Crippen LogP contribution is 1.29. The third-order valence-corrected chi connectivity index (χ3v) is 0. The maximum atomic E-state index is 6.75. The van der Waals surface area contributed by atoms with Crippen molar-refractivity contribution in [2.75, 3.05) is 0 Å². The van der Waals surface area contributed by atoms with Crippen LogP contribution in [0.4, 0.5) is 0 Å². The van der Waals surface area contributed by atoms with Crippen LogP contribution >= 0.6 is 0 Å². The topological polar surface area (TPSA) is 58.7 Å². The SMILES string of the molecule is [N-]=[N+]=[N-].[Si]. The van der Waals surface area contributed by atoms with E-state index in [0.717, 1.165) is 0 Å². The van der Waals surface area contributed by atoms with Gasteiger partial charge < -0.3 is 11.1 Å². The molecule has 0 aliphatic carbocycles. The molecule has 0 bridgehead atoms. The standard InChI is InChI=1S/N3.Si/c1-3-2;/q-1;. The smallest absolute Gasteiger partial charge is 0 e. The maximum absolute atomic E-state index is 6.75. The Morgan fingerprint density at radius 1 is 1.25 bits per heavy atom. The molecule has 0 amide bonds. The van der Waals surface area contributed by atoms with Crippen molar-refractivity contribution in [2.45, 2.75) is 0 Å². The van der Waals surface area contributed by atoms with Gasteiger partial charge in [0.05, 0.1) is 0 Å². The lowest BCUT2D eigenvalue weighted by molar-refractivity contribution is 2.36. The van der Waals surface area contributed by atoms with Gasteiger partial charge in [-0.3, -0.25) is 4.91 Å². The molecule has 0 aromatic carbocycles. The average molecular weight is 70.1 g/mol. The molecule has 0 aromatic rings. The second kappa shape index (κ2) is 21.2. The third-order valence-electron chi connectivity index (χ3n) is 0. The minimum atomic E-state index is 0. The zero-order valence-corrected chi connectivity index (χ0v) is 2.84. The lowest BCUT2D eigenvalue weighted by atomic mass is 13.0. The summed E-state index contributed by atoms with van der Waals surface area (Å²) >= 11 is 0. The Morgan fingerprint density at radius 2 is 1.25 bits per heavy atom. The molecule has 4 radical (unpaired) electrons. The number of nitrogens with zero attached hydrogens (tertiary/aromatic N) is 3. The Kier molecular flexibility index (Phi) is 51.2. The highest BCUT2D eigenvalue weighted by molar-refractivity contribution is 5.75.